The van der Waals surface area contributed by atoms with E-state index in [1.165, 1.54) is 6.07 Å². The summed E-state index contributed by atoms with van der Waals surface area (Å²) in [6, 6.07) is 7.98. The van der Waals surface area contributed by atoms with E-state index < -0.39 is 0 Å². The van der Waals surface area contributed by atoms with Gasteiger partial charge in [-0.05, 0) is 42.8 Å². The van der Waals surface area contributed by atoms with Crippen molar-refractivity contribution in [2.75, 3.05) is 0 Å². The highest BCUT2D eigenvalue weighted by Gasteiger charge is 2.03. The van der Waals surface area contributed by atoms with Crippen molar-refractivity contribution < 1.29 is 9.18 Å². The number of hydrogen-bond acceptors (Lipinski definition) is 3. The predicted molar refractivity (Wildman–Crippen MR) is 57.6 cm³/mol. The zero-order chi connectivity index (χ0) is 11.5. The standard InChI is InChI=1S/C12H9FN2O/c1-8-6-9(2-4-11(8)13)12-5-3-10(7-16)14-15-12/h2-7H,1H3. The second-order valence-corrected chi connectivity index (χ2v) is 3.43. The fourth-order valence-electron chi connectivity index (χ4n) is 1.36. The number of aldehydes is 1. The van der Waals surface area contributed by atoms with Gasteiger partial charge in [0.1, 0.15) is 11.5 Å². The number of rotatable bonds is 2. The van der Waals surface area contributed by atoms with Crippen LogP contribution in [0.5, 0.6) is 0 Å². The Morgan fingerprint density at radius 1 is 1.19 bits per heavy atom. The highest BCUT2D eigenvalue weighted by molar-refractivity contribution is 5.72. The van der Waals surface area contributed by atoms with Gasteiger partial charge in [0.25, 0.3) is 0 Å². The maximum atomic E-state index is 13.1. The number of halogens is 1. The lowest BCUT2D eigenvalue weighted by Gasteiger charge is -2.02. The summed E-state index contributed by atoms with van der Waals surface area (Å²) >= 11 is 0. The van der Waals surface area contributed by atoms with Gasteiger partial charge in [-0.2, -0.15) is 0 Å². The SMILES string of the molecule is Cc1cc(-c2ccc(C=O)nn2)ccc1F. The van der Waals surface area contributed by atoms with Crippen molar-refractivity contribution in [3.63, 3.8) is 0 Å². The van der Waals surface area contributed by atoms with E-state index in [-0.39, 0.29) is 11.5 Å². The van der Waals surface area contributed by atoms with Crippen molar-refractivity contribution in [3.05, 3.63) is 47.4 Å². The first kappa shape index (κ1) is 10.4. The molecule has 0 saturated carbocycles. The zero-order valence-electron chi connectivity index (χ0n) is 8.64. The van der Waals surface area contributed by atoms with Crippen LogP contribution >= 0.6 is 0 Å². The molecule has 4 heteroatoms. The number of aromatic nitrogens is 2. The highest BCUT2D eigenvalue weighted by atomic mass is 19.1. The minimum atomic E-state index is -0.249. The fourth-order valence-corrected chi connectivity index (χ4v) is 1.36. The number of nitrogens with zero attached hydrogens (tertiary/aromatic N) is 2. The lowest BCUT2D eigenvalue weighted by molar-refractivity contribution is 0.111. The molecule has 0 spiro atoms. The molecule has 0 bridgehead atoms. The van der Waals surface area contributed by atoms with Crippen molar-refractivity contribution in [2.24, 2.45) is 0 Å². The molecule has 0 unspecified atom stereocenters. The summed E-state index contributed by atoms with van der Waals surface area (Å²) in [5.74, 6) is -0.249. The molecular weight excluding hydrogens is 207 g/mol. The maximum Gasteiger partial charge on any atom is 0.170 e. The van der Waals surface area contributed by atoms with Gasteiger partial charge in [-0.3, -0.25) is 4.79 Å². The molecule has 2 rings (SSSR count). The van der Waals surface area contributed by atoms with E-state index in [1.54, 1.807) is 31.2 Å². The van der Waals surface area contributed by atoms with Crippen LogP contribution in [0.4, 0.5) is 4.39 Å². The predicted octanol–water partition coefficient (Wildman–Crippen LogP) is 2.40. The summed E-state index contributed by atoms with van der Waals surface area (Å²) in [6.45, 7) is 1.69. The Kier molecular flexibility index (Phi) is 2.72. The molecule has 1 aromatic carbocycles. The first-order chi connectivity index (χ1) is 7.70. The summed E-state index contributed by atoms with van der Waals surface area (Å²) in [4.78, 5) is 10.4. The van der Waals surface area contributed by atoms with Gasteiger partial charge in [-0.15, -0.1) is 10.2 Å². The van der Waals surface area contributed by atoms with E-state index >= 15 is 0 Å². The Hall–Kier alpha value is -2.10. The average Bonchev–Trinajstić information content (AvgIpc) is 2.33. The second-order valence-electron chi connectivity index (χ2n) is 3.43. The third-order valence-electron chi connectivity index (χ3n) is 2.26. The van der Waals surface area contributed by atoms with E-state index in [9.17, 15) is 9.18 Å². The molecule has 0 radical (unpaired) electrons. The summed E-state index contributed by atoms with van der Waals surface area (Å²) in [5, 5.41) is 7.60. The molecule has 16 heavy (non-hydrogen) atoms. The van der Waals surface area contributed by atoms with Gasteiger partial charge < -0.3 is 0 Å². The Balaban J connectivity index is 2.42. The number of aryl methyl sites for hydroxylation is 1. The van der Waals surface area contributed by atoms with E-state index in [1.807, 2.05) is 0 Å². The Labute approximate surface area is 92.0 Å². The molecule has 0 aliphatic heterocycles. The topological polar surface area (TPSA) is 42.9 Å². The minimum absolute atomic E-state index is 0.249. The van der Waals surface area contributed by atoms with E-state index in [0.29, 0.717) is 17.5 Å². The molecular formula is C12H9FN2O. The number of benzene rings is 1. The lowest BCUT2D eigenvalue weighted by atomic mass is 10.1. The number of carbonyl (C=O) groups is 1. The van der Waals surface area contributed by atoms with Crippen LogP contribution in [-0.4, -0.2) is 16.5 Å². The van der Waals surface area contributed by atoms with Crippen LogP contribution < -0.4 is 0 Å². The van der Waals surface area contributed by atoms with Crippen LogP contribution in [0.3, 0.4) is 0 Å². The fraction of sp³-hybridized carbons (Fsp3) is 0.0833. The molecule has 2 aromatic rings. The van der Waals surface area contributed by atoms with Crippen molar-refractivity contribution in [2.45, 2.75) is 6.92 Å². The maximum absolute atomic E-state index is 13.1. The molecule has 1 heterocycles. The Bertz CT molecular complexity index is 523. The Morgan fingerprint density at radius 3 is 2.56 bits per heavy atom. The van der Waals surface area contributed by atoms with Crippen molar-refractivity contribution >= 4 is 6.29 Å². The molecule has 0 aliphatic carbocycles. The van der Waals surface area contributed by atoms with Gasteiger partial charge in [-0.1, -0.05) is 0 Å². The van der Waals surface area contributed by atoms with Crippen LogP contribution in [0.15, 0.2) is 30.3 Å². The molecule has 0 fully saturated rings. The van der Waals surface area contributed by atoms with Crippen LogP contribution in [0, 0.1) is 12.7 Å². The van der Waals surface area contributed by atoms with E-state index in [0.717, 1.165) is 5.56 Å². The van der Waals surface area contributed by atoms with Gasteiger partial charge in [0.15, 0.2) is 6.29 Å². The van der Waals surface area contributed by atoms with Crippen LogP contribution in [0.2, 0.25) is 0 Å². The third kappa shape index (κ3) is 1.95. The lowest BCUT2D eigenvalue weighted by Crippen LogP contribution is -1.93. The van der Waals surface area contributed by atoms with Crippen molar-refractivity contribution in [3.8, 4) is 11.3 Å². The van der Waals surface area contributed by atoms with Crippen LogP contribution in [0.25, 0.3) is 11.3 Å². The first-order valence-electron chi connectivity index (χ1n) is 4.76. The summed E-state index contributed by atoms with van der Waals surface area (Å²) in [7, 11) is 0. The van der Waals surface area contributed by atoms with Gasteiger partial charge in [0.2, 0.25) is 0 Å². The number of carbonyl (C=O) groups excluding carboxylic acids is 1. The van der Waals surface area contributed by atoms with Crippen molar-refractivity contribution in [1.82, 2.24) is 10.2 Å². The normalized spacial score (nSPS) is 10.1. The molecule has 0 aliphatic rings. The van der Waals surface area contributed by atoms with Crippen molar-refractivity contribution in [1.29, 1.82) is 0 Å². The monoisotopic (exact) mass is 216 g/mol. The van der Waals surface area contributed by atoms with E-state index in [2.05, 4.69) is 10.2 Å². The van der Waals surface area contributed by atoms with Crippen LogP contribution in [-0.2, 0) is 0 Å². The average molecular weight is 216 g/mol. The summed E-state index contributed by atoms with van der Waals surface area (Å²) < 4.78 is 13.1. The Morgan fingerprint density at radius 2 is 2.00 bits per heavy atom. The minimum Gasteiger partial charge on any atom is -0.296 e. The van der Waals surface area contributed by atoms with Gasteiger partial charge >= 0.3 is 0 Å². The second kappa shape index (κ2) is 4.18. The third-order valence-corrected chi connectivity index (χ3v) is 2.26. The zero-order valence-corrected chi connectivity index (χ0v) is 8.64. The molecule has 80 valence electrons. The molecule has 0 N–H and O–H groups in total. The summed E-state index contributed by atoms with van der Waals surface area (Å²) in [6.07, 6.45) is 0.632. The molecule has 3 nitrogen and oxygen atoms in total. The molecule has 0 amide bonds. The van der Waals surface area contributed by atoms with E-state index in [4.69, 9.17) is 0 Å². The van der Waals surface area contributed by atoms with Gasteiger partial charge in [0, 0.05) is 5.56 Å². The quantitative estimate of drug-likeness (QED) is 0.724. The van der Waals surface area contributed by atoms with Gasteiger partial charge in [0.05, 0.1) is 5.69 Å². The smallest absolute Gasteiger partial charge is 0.170 e. The molecule has 0 atom stereocenters. The van der Waals surface area contributed by atoms with Crippen LogP contribution in [0.1, 0.15) is 16.1 Å². The number of hydrogen-bond donors (Lipinski definition) is 0. The largest absolute Gasteiger partial charge is 0.296 e. The molecule has 1 aromatic heterocycles. The van der Waals surface area contributed by atoms with Gasteiger partial charge in [-0.25, -0.2) is 4.39 Å². The highest BCUT2D eigenvalue weighted by Crippen LogP contribution is 2.19. The summed E-state index contributed by atoms with van der Waals surface area (Å²) in [5.41, 5.74) is 2.24. The molecule has 0 saturated heterocycles. The first-order valence-corrected chi connectivity index (χ1v) is 4.76.